The van der Waals surface area contributed by atoms with Crippen LogP contribution >= 0.6 is 0 Å². The van der Waals surface area contributed by atoms with Gasteiger partial charge in [0.15, 0.2) is 0 Å². The largest absolute Gasteiger partial charge is 0.478 e. The molecule has 2 aromatic heterocycles. The van der Waals surface area contributed by atoms with Crippen LogP contribution in [0.5, 0.6) is 0 Å². The first-order valence-corrected chi connectivity index (χ1v) is 12.3. The number of rotatable bonds is 6. The van der Waals surface area contributed by atoms with Gasteiger partial charge in [0.25, 0.3) is 11.1 Å². The second-order valence-electron chi connectivity index (χ2n) is 9.29. The summed E-state index contributed by atoms with van der Waals surface area (Å²) in [5.41, 5.74) is 6.32. The maximum absolute atomic E-state index is 13.9. The fourth-order valence-corrected chi connectivity index (χ4v) is 4.49. The molecule has 0 fully saturated rings. The van der Waals surface area contributed by atoms with E-state index in [2.05, 4.69) is 10.8 Å². The second kappa shape index (κ2) is 10.2. The predicted octanol–water partition coefficient (Wildman–Crippen LogP) is 4.87. The number of anilines is 1. The number of aromatic nitrogens is 3. The van der Waals surface area contributed by atoms with E-state index in [1.807, 2.05) is 61.5 Å². The first-order valence-electron chi connectivity index (χ1n) is 12.3. The number of para-hydroxylation sites is 1. The number of benzene rings is 3. The lowest BCUT2D eigenvalue weighted by Crippen LogP contribution is -2.23. The van der Waals surface area contributed by atoms with E-state index in [-0.39, 0.29) is 22.3 Å². The summed E-state index contributed by atoms with van der Waals surface area (Å²) in [7, 11) is 3.93. The fraction of sp³-hybridized carbons (Fsp3) is 0.0968. The molecular formula is C31H26N4O4. The maximum Gasteiger partial charge on any atom is 0.335 e. The van der Waals surface area contributed by atoms with Crippen molar-refractivity contribution in [1.82, 2.24) is 14.3 Å². The van der Waals surface area contributed by atoms with Crippen LogP contribution in [0.3, 0.4) is 0 Å². The molecule has 2 N–H and O–H groups in total. The molecule has 0 amide bonds. The Kier molecular flexibility index (Phi) is 6.63. The van der Waals surface area contributed by atoms with E-state index in [1.54, 1.807) is 43.3 Å². The molecule has 194 valence electrons. The molecule has 0 saturated carbocycles. The van der Waals surface area contributed by atoms with Crippen LogP contribution in [0.2, 0.25) is 0 Å². The van der Waals surface area contributed by atoms with E-state index in [0.717, 1.165) is 11.3 Å². The summed E-state index contributed by atoms with van der Waals surface area (Å²) < 4.78 is 2.72. The minimum Gasteiger partial charge on any atom is -0.478 e. The third-order valence-corrected chi connectivity index (χ3v) is 6.56. The number of fused-ring (bicyclic) bond motifs is 1. The van der Waals surface area contributed by atoms with Crippen molar-refractivity contribution in [3.63, 3.8) is 0 Å². The predicted molar refractivity (Wildman–Crippen MR) is 154 cm³/mol. The number of carboxylic acid groups (broad SMARTS) is 1. The Bertz CT molecular complexity index is 1890. The molecule has 0 bridgehead atoms. The molecule has 0 aliphatic rings. The average Bonchev–Trinajstić information content (AvgIpc) is 3.28. The number of aryl methyl sites for hydroxylation is 1. The van der Waals surface area contributed by atoms with Crippen LogP contribution in [0.25, 0.3) is 34.6 Å². The normalized spacial score (nSPS) is 10.7. The number of nitrogens with zero attached hydrogens (tertiary/aromatic N) is 3. The zero-order valence-corrected chi connectivity index (χ0v) is 21.7. The Morgan fingerprint density at radius 2 is 1.59 bits per heavy atom. The molecule has 2 heterocycles. The van der Waals surface area contributed by atoms with Crippen molar-refractivity contribution in [2.75, 3.05) is 19.0 Å². The lowest BCUT2D eigenvalue weighted by Gasteiger charge is -2.12. The third kappa shape index (κ3) is 4.72. The third-order valence-electron chi connectivity index (χ3n) is 6.56. The van der Waals surface area contributed by atoms with E-state index in [0.29, 0.717) is 22.3 Å². The zero-order valence-electron chi connectivity index (χ0n) is 21.7. The monoisotopic (exact) mass is 518 g/mol. The number of carbonyl (C=O) groups is 1. The van der Waals surface area contributed by atoms with Crippen LogP contribution in [-0.4, -0.2) is 39.5 Å². The quantitative estimate of drug-likeness (QED) is 0.313. The Hall–Kier alpha value is -5.33. The molecular weight excluding hydrogens is 492 g/mol. The van der Waals surface area contributed by atoms with E-state index < -0.39 is 11.5 Å². The summed E-state index contributed by atoms with van der Waals surface area (Å²) >= 11 is 0. The molecule has 5 aromatic rings. The Morgan fingerprint density at radius 3 is 2.26 bits per heavy atom. The van der Waals surface area contributed by atoms with Gasteiger partial charge in [0.1, 0.15) is 5.65 Å². The molecule has 0 aliphatic heterocycles. The summed E-state index contributed by atoms with van der Waals surface area (Å²) in [5.74, 6) is -1.12. The molecule has 5 rings (SSSR count). The van der Waals surface area contributed by atoms with Gasteiger partial charge in [-0.3, -0.25) is 19.3 Å². The van der Waals surface area contributed by atoms with E-state index in [1.165, 1.54) is 21.4 Å². The second-order valence-corrected chi connectivity index (χ2v) is 9.29. The average molecular weight is 519 g/mol. The highest BCUT2D eigenvalue weighted by Gasteiger charge is 2.21. The van der Waals surface area contributed by atoms with E-state index in [9.17, 15) is 19.5 Å². The smallest absolute Gasteiger partial charge is 0.335 e. The number of aromatic carboxylic acids is 1. The number of pyridine rings is 1. The van der Waals surface area contributed by atoms with Gasteiger partial charge >= 0.3 is 5.97 Å². The van der Waals surface area contributed by atoms with Crippen LogP contribution < -0.4 is 16.0 Å². The topological polar surface area (TPSA) is 100 Å². The van der Waals surface area contributed by atoms with Gasteiger partial charge in [-0.15, -0.1) is 5.73 Å². The zero-order chi connectivity index (χ0) is 27.7. The number of carboxylic acids is 1. The van der Waals surface area contributed by atoms with Crippen molar-refractivity contribution in [1.29, 1.82) is 0 Å². The van der Waals surface area contributed by atoms with Crippen molar-refractivity contribution in [3.05, 3.63) is 128 Å². The molecule has 3 aromatic carbocycles. The van der Waals surface area contributed by atoms with Gasteiger partial charge in [-0.1, -0.05) is 36.4 Å². The van der Waals surface area contributed by atoms with E-state index >= 15 is 0 Å². The molecule has 0 spiro atoms. The molecule has 39 heavy (non-hydrogen) atoms. The minimum absolute atomic E-state index is 0.0242. The van der Waals surface area contributed by atoms with Crippen molar-refractivity contribution >= 4 is 34.8 Å². The molecule has 0 aliphatic carbocycles. The van der Waals surface area contributed by atoms with Crippen molar-refractivity contribution in [2.45, 2.75) is 6.92 Å². The first-order chi connectivity index (χ1) is 18.8. The maximum atomic E-state index is 13.9. The highest BCUT2D eigenvalue weighted by Crippen LogP contribution is 2.22. The van der Waals surface area contributed by atoms with Crippen LogP contribution in [0.15, 0.2) is 94.2 Å². The van der Waals surface area contributed by atoms with Crippen LogP contribution in [0.1, 0.15) is 27.0 Å². The van der Waals surface area contributed by atoms with Gasteiger partial charge in [-0.2, -0.15) is 0 Å². The molecule has 8 heteroatoms. The highest BCUT2D eigenvalue weighted by atomic mass is 16.4. The van der Waals surface area contributed by atoms with Gasteiger partial charge in [-0.25, -0.2) is 9.48 Å². The van der Waals surface area contributed by atoms with Crippen molar-refractivity contribution < 1.29 is 9.90 Å². The van der Waals surface area contributed by atoms with Crippen LogP contribution in [-0.2, 0) is 0 Å². The summed E-state index contributed by atoms with van der Waals surface area (Å²) in [6, 6.07) is 23.0. The number of aromatic amines is 1. The highest BCUT2D eigenvalue weighted by molar-refractivity contribution is 5.89. The first kappa shape index (κ1) is 25.3. The molecule has 8 nitrogen and oxygen atoms in total. The summed E-state index contributed by atoms with van der Waals surface area (Å²) in [6.45, 7) is 1.73. The molecule has 0 radical (unpaired) electrons. The Morgan fingerprint density at radius 1 is 0.897 bits per heavy atom. The summed E-state index contributed by atoms with van der Waals surface area (Å²) in [6.07, 6.45) is 3.32. The number of hydrogen-bond donors (Lipinski definition) is 2. The molecule has 0 saturated heterocycles. The lowest BCUT2D eigenvalue weighted by molar-refractivity contribution is 0.0697. The molecule has 0 unspecified atom stereocenters. The minimum atomic E-state index is -1.12. The van der Waals surface area contributed by atoms with Crippen LogP contribution in [0.4, 0.5) is 5.69 Å². The van der Waals surface area contributed by atoms with Gasteiger partial charge in [-0.05, 0) is 72.7 Å². The van der Waals surface area contributed by atoms with Gasteiger partial charge in [0, 0.05) is 19.8 Å². The summed E-state index contributed by atoms with van der Waals surface area (Å²) in [4.78, 5) is 41.2. The lowest BCUT2D eigenvalue weighted by atomic mass is 10.1. The van der Waals surface area contributed by atoms with E-state index in [4.69, 9.17) is 0 Å². The van der Waals surface area contributed by atoms with Gasteiger partial charge in [0.2, 0.25) is 0 Å². The van der Waals surface area contributed by atoms with Gasteiger partial charge in [0.05, 0.1) is 27.9 Å². The fourth-order valence-electron chi connectivity index (χ4n) is 4.49. The number of nitrogens with one attached hydrogen (secondary N) is 1. The SMILES string of the molecule is Cc1c(C=C=Cc2ccc(N(C)C)cc2)c(=O)n(-c2cccc(C(=O)O)c2)c2[nH]n(-c3ccccc3)c(=O)c12. The Labute approximate surface area is 224 Å². The van der Waals surface area contributed by atoms with Gasteiger partial charge < -0.3 is 10.0 Å². The Balaban J connectivity index is 1.76. The van der Waals surface area contributed by atoms with Crippen molar-refractivity contribution in [3.8, 4) is 11.4 Å². The molecule has 0 atom stereocenters. The number of hydrogen-bond acceptors (Lipinski definition) is 4. The summed E-state index contributed by atoms with van der Waals surface area (Å²) in [5, 5.41) is 12.9. The van der Waals surface area contributed by atoms with Crippen molar-refractivity contribution in [2.24, 2.45) is 0 Å². The van der Waals surface area contributed by atoms with Crippen LogP contribution in [0, 0.1) is 6.92 Å². The standard InChI is InChI=1S/C31H26N4O4/c1-20-26(14-7-9-21-15-17-23(18-16-21)33(2)3)29(36)34(25-13-8-10-22(19-25)31(38)39)28-27(20)30(37)35(32-28)24-11-5-4-6-12-24/h4-6,8-19,32H,1-3H3,(H,38,39). The number of H-pyrrole nitrogens is 1.